The van der Waals surface area contributed by atoms with E-state index in [1.807, 2.05) is 30.3 Å². The molecule has 0 amide bonds. The largest absolute Gasteiger partial charge is 0.356 e. The second kappa shape index (κ2) is 6.72. The monoisotopic (exact) mass is 342 g/mol. The van der Waals surface area contributed by atoms with Crippen LogP contribution in [-0.2, 0) is 10.0 Å². The highest BCUT2D eigenvalue weighted by molar-refractivity contribution is 7.92. The first kappa shape index (κ1) is 16.0. The number of sulfonamides is 1. The van der Waals surface area contributed by atoms with Crippen LogP contribution >= 0.6 is 0 Å². The molecule has 0 aliphatic carbocycles. The van der Waals surface area contributed by atoms with E-state index < -0.39 is 15.8 Å². The fourth-order valence-electron chi connectivity index (χ4n) is 2.16. The van der Waals surface area contributed by atoms with Crippen LogP contribution in [0.3, 0.4) is 0 Å². The third-order valence-electron chi connectivity index (χ3n) is 3.31. The Morgan fingerprint density at radius 3 is 2.00 bits per heavy atom. The molecule has 2 N–H and O–H groups in total. The molecule has 0 saturated carbocycles. The fourth-order valence-corrected chi connectivity index (χ4v) is 3.25. The molecule has 0 atom stereocenters. The molecule has 3 aromatic rings. The van der Waals surface area contributed by atoms with E-state index in [9.17, 15) is 12.8 Å². The summed E-state index contributed by atoms with van der Waals surface area (Å²) in [4.78, 5) is -0.117. The van der Waals surface area contributed by atoms with Crippen molar-refractivity contribution in [2.24, 2.45) is 0 Å². The van der Waals surface area contributed by atoms with E-state index in [0.29, 0.717) is 5.69 Å². The lowest BCUT2D eigenvalue weighted by Gasteiger charge is -2.10. The molecular weight excluding hydrogens is 327 g/mol. The summed E-state index contributed by atoms with van der Waals surface area (Å²) in [5.74, 6) is -0.597. The van der Waals surface area contributed by atoms with Gasteiger partial charge in [0, 0.05) is 17.1 Å². The van der Waals surface area contributed by atoms with Crippen LogP contribution in [0.4, 0.5) is 21.5 Å². The Kier molecular flexibility index (Phi) is 4.48. The van der Waals surface area contributed by atoms with Crippen LogP contribution in [0.5, 0.6) is 0 Å². The van der Waals surface area contributed by atoms with Crippen molar-refractivity contribution in [1.82, 2.24) is 0 Å². The average molecular weight is 342 g/mol. The van der Waals surface area contributed by atoms with Gasteiger partial charge in [0.15, 0.2) is 0 Å². The zero-order valence-corrected chi connectivity index (χ0v) is 13.4. The zero-order valence-electron chi connectivity index (χ0n) is 12.6. The Balaban J connectivity index is 1.74. The summed E-state index contributed by atoms with van der Waals surface area (Å²) in [5, 5.41) is 3.21. The van der Waals surface area contributed by atoms with Crippen LogP contribution in [0.15, 0.2) is 83.8 Å². The Bertz CT molecular complexity index is 927. The van der Waals surface area contributed by atoms with E-state index in [1.54, 1.807) is 24.3 Å². The van der Waals surface area contributed by atoms with Gasteiger partial charge in [0.25, 0.3) is 10.0 Å². The number of para-hydroxylation sites is 1. The summed E-state index contributed by atoms with van der Waals surface area (Å²) in [7, 11) is -3.82. The van der Waals surface area contributed by atoms with Crippen molar-refractivity contribution in [3.05, 3.63) is 84.7 Å². The molecule has 122 valence electrons. The molecule has 24 heavy (non-hydrogen) atoms. The molecule has 0 radical (unpaired) electrons. The Morgan fingerprint density at radius 2 is 1.33 bits per heavy atom. The molecule has 0 saturated heterocycles. The van der Waals surface area contributed by atoms with Gasteiger partial charge in [-0.25, -0.2) is 12.8 Å². The van der Waals surface area contributed by atoms with E-state index in [4.69, 9.17) is 0 Å². The Labute approximate surface area is 140 Å². The average Bonchev–Trinajstić information content (AvgIpc) is 2.57. The molecule has 6 heteroatoms. The van der Waals surface area contributed by atoms with Crippen molar-refractivity contribution in [3.8, 4) is 0 Å². The topological polar surface area (TPSA) is 58.2 Å². The molecule has 0 bridgehead atoms. The SMILES string of the molecule is O=S(=O)(Nc1ccc(Nc2ccccc2)cc1)c1cccc(F)c1. The maximum atomic E-state index is 13.2. The first-order valence-electron chi connectivity index (χ1n) is 7.23. The predicted octanol–water partition coefficient (Wildman–Crippen LogP) is 4.37. The third-order valence-corrected chi connectivity index (χ3v) is 4.68. The van der Waals surface area contributed by atoms with Crippen LogP contribution < -0.4 is 10.0 Å². The molecular formula is C18H15FN2O2S. The second-order valence-electron chi connectivity index (χ2n) is 5.13. The molecule has 3 aromatic carbocycles. The number of nitrogens with one attached hydrogen (secondary N) is 2. The molecule has 0 aliphatic rings. The lowest BCUT2D eigenvalue weighted by atomic mass is 10.2. The van der Waals surface area contributed by atoms with Gasteiger partial charge in [0.2, 0.25) is 0 Å². The zero-order chi connectivity index (χ0) is 17.0. The first-order valence-corrected chi connectivity index (χ1v) is 8.72. The van der Waals surface area contributed by atoms with Gasteiger partial charge in [-0.3, -0.25) is 4.72 Å². The Hall–Kier alpha value is -2.86. The van der Waals surface area contributed by atoms with Crippen LogP contribution in [0, 0.1) is 5.82 Å². The number of hydrogen-bond donors (Lipinski definition) is 2. The van der Waals surface area contributed by atoms with Gasteiger partial charge in [-0.1, -0.05) is 24.3 Å². The third kappa shape index (κ3) is 3.91. The standard InChI is InChI=1S/C18H15FN2O2S/c19-14-5-4-8-18(13-14)24(22,23)21-17-11-9-16(10-12-17)20-15-6-2-1-3-7-15/h1-13,20-21H. The van der Waals surface area contributed by atoms with Gasteiger partial charge in [0.1, 0.15) is 5.82 Å². The van der Waals surface area contributed by atoms with Gasteiger partial charge < -0.3 is 5.32 Å². The highest BCUT2D eigenvalue weighted by Crippen LogP contribution is 2.21. The maximum absolute atomic E-state index is 13.2. The van der Waals surface area contributed by atoms with Crippen LogP contribution in [-0.4, -0.2) is 8.42 Å². The van der Waals surface area contributed by atoms with Gasteiger partial charge in [-0.05, 0) is 54.6 Å². The number of hydrogen-bond acceptors (Lipinski definition) is 3. The van der Waals surface area contributed by atoms with Gasteiger partial charge in [-0.2, -0.15) is 0 Å². The van der Waals surface area contributed by atoms with Gasteiger partial charge >= 0.3 is 0 Å². The minimum Gasteiger partial charge on any atom is -0.356 e. The summed E-state index contributed by atoms with van der Waals surface area (Å²) < 4.78 is 40.1. The van der Waals surface area contributed by atoms with Crippen molar-refractivity contribution in [1.29, 1.82) is 0 Å². The molecule has 0 spiro atoms. The normalized spacial score (nSPS) is 11.0. The highest BCUT2D eigenvalue weighted by atomic mass is 32.2. The molecule has 0 aliphatic heterocycles. The second-order valence-corrected chi connectivity index (χ2v) is 6.81. The number of rotatable bonds is 5. The Morgan fingerprint density at radius 1 is 0.708 bits per heavy atom. The van der Waals surface area contributed by atoms with Gasteiger partial charge in [-0.15, -0.1) is 0 Å². The summed E-state index contributed by atoms with van der Waals surface area (Å²) in [5.41, 5.74) is 2.17. The summed E-state index contributed by atoms with van der Waals surface area (Å²) in [6, 6.07) is 21.3. The van der Waals surface area contributed by atoms with E-state index in [-0.39, 0.29) is 4.90 Å². The van der Waals surface area contributed by atoms with Crippen molar-refractivity contribution >= 4 is 27.1 Å². The van der Waals surface area contributed by atoms with Crippen LogP contribution in [0.2, 0.25) is 0 Å². The number of benzene rings is 3. The van der Waals surface area contributed by atoms with Crippen molar-refractivity contribution in [2.45, 2.75) is 4.90 Å². The molecule has 4 nitrogen and oxygen atoms in total. The van der Waals surface area contributed by atoms with E-state index in [1.165, 1.54) is 18.2 Å². The van der Waals surface area contributed by atoms with Crippen molar-refractivity contribution in [2.75, 3.05) is 10.0 Å². The van der Waals surface area contributed by atoms with Crippen LogP contribution in [0.1, 0.15) is 0 Å². The molecule has 0 aromatic heterocycles. The predicted molar refractivity (Wildman–Crippen MR) is 93.4 cm³/mol. The van der Waals surface area contributed by atoms with Crippen molar-refractivity contribution in [3.63, 3.8) is 0 Å². The lowest BCUT2D eigenvalue weighted by Crippen LogP contribution is -2.13. The number of anilines is 3. The van der Waals surface area contributed by atoms with E-state index >= 15 is 0 Å². The smallest absolute Gasteiger partial charge is 0.261 e. The number of halogens is 1. The van der Waals surface area contributed by atoms with E-state index in [0.717, 1.165) is 17.4 Å². The maximum Gasteiger partial charge on any atom is 0.261 e. The molecule has 0 unspecified atom stereocenters. The summed E-state index contributed by atoms with van der Waals surface area (Å²) in [6.07, 6.45) is 0. The molecule has 0 heterocycles. The summed E-state index contributed by atoms with van der Waals surface area (Å²) >= 11 is 0. The van der Waals surface area contributed by atoms with Gasteiger partial charge in [0.05, 0.1) is 4.90 Å². The van der Waals surface area contributed by atoms with Crippen LogP contribution in [0.25, 0.3) is 0 Å². The lowest BCUT2D eigenvalue weighted by molar-refractivity contribution is 0.595. The minimum absolute atomic E-state index is 0.117. The molecule has 0 fully saturated rings. The highest BCUT2D eigenvalue weighted by Gasteiger charge is 2.14. The minimum atomic E-state index is -3.82. The quantitative estimate of drug-likeness (QED) is 0.724. The fraction of sp³-hybridized carbons (Fsp3) is 0. The summed E-state index contributed by atoms with van der Waals surface area (Å²) in [6.45, 7) is 0. The first-order chi connectivity index (χ1) is 11.5. The molecule has 3 rings (SSSR count). The van der Waals surface area contributed by atoms with E-state index in [2.05, 4.69) is 10.0 Å². The van der Waals surface area contributed by atoms with Crippen molar-refractivity contribution < 1.29 is 12.8 Å².